The largest absolute Gasteiger partial charge is 0.479 e. The molecule has 0 aliphatic carbocycles. The van der Waals surface area contributed by atoms with Gasteiger partial charge < -0.3 is 19.3 Å². The molecule has 0 radical (unpaired) electrons. The summed E-state index contributed by atoms with van der Waals surface area (Å²) in [5.74, 6) is -1.02. The molecule has 0 aromatic heterocycles. The van der Waals surface area contributed by atoms with Crippen LogP contribution in [0.2, 0.25) is 0 Å². The van der Waals surface area contributed by atoms with Gasteiger partial charge in [-0.15, -0.1) is 0 Å². The van der Waals surface area contributed by atoms with E-state index < -0.39 is 12.1 Å². The van der Waals surface area contributed by atoms with Crippen molar-refractivity contribution in [2.45, 2.75) is 26.1 Å². The van der Waals surface area contributed by atoms with Gasteiger partial charge in [0.25, 0.3) is 0 Å². The summed E-state index contributed by atoms with van der Waals surface area (Å²) >= 11 is 0. The molecule has 0 bridgehead atoms. The summed E-state index contributed by atoms with van der Waals surface area (Å²) in [6, 6.07) is 0. The van der Waals surface area contributed by atoms with Crippen LogP contribution in [0.3, 0.4) is 0 Å². The summed E-state index contributed by atoms with van der Waals surface area (Å²) in [5.41, 5.74) is 0. The van der Waals surface area contributed by atoms with Crippen molar-refractivity contribution in [3.05, 3.63) is 0 Å². The first-order valence-corrected chi connectivity index (χ1v) is 4.53. The van der Waals surface area contributed by atoms with E-state index in [0.29, 0.717) is 6.61 Å². The minimum absolute atomic E-state index is 0.0526. The van der Waals surface area contributed by atoms with E-state index in [-0.39, 0.29) is 19.3 Å². The molecule has 1 atom stereocenters. The third kappa shape index (κ3) is 6.82. The Morgan fingerprint density at radius 1 is 1.29 bits per heavy atom. The van der Waals surface area contributed by atoms with Crippen LogP contribution in [-0.2, 0) is 19.0 Å². The van der Waals surface area contributed by atoms with Gasteiger partial charge >= 0.3 is 5.97 Å². The quantitative estimate of drug-likeness (QED) is 0.587. The zero-order valence-electron chi connectivity index (χ0n) is 8.86. The van der Waals surface area contributed by atoms with Gasteiger partial charge in [-0.3, -0.25) is 0 Å². The number of rotatable bonds is 8. The number of ether oxygens (including phenoxy) is 3. The fraction of sp³-hybridized carbons (Fsp3) is 0.889. The maximum absolute atomic E-state index is 10.6. The smallest absolute Gasteiger partial charge is 0.335 e. The maximum Gasteiger partial charge on any atom is 0.335 e. The standard InChI is InChI=1S/C9H18O5/c1-7(2)13-4-5-14-8(6-12-3)9(10)11/h7-8H,4-6H2,1-3H3,(H,10,11). The van der Waals surface area contributed by atoms with Gasteiger partial charge in [0.05, 0.1) is 25.9 Å². The number of methoxy groups -OCH3 is 1. The molecular weight excluding hydrogens is 188 g/mol. The molecule has 0 aromatic carbocycles. The van der Waals surface area contributed by atoms with Gasteiger partial charge in [0.15, 0.2) is 6.10 Å². The van der Waals surface area contributed by atoms with Gasteiger partial charge in [-0.05, 0) is 13.8 Å². The Balaban J connectivity index is 3.56. The lowest BCUT2D eigenvalue weighted by Crippen LogP contribution is -2.30. The minimum Gasteiger partial charge on any atom is -0.479 e. The second-order valence-corrected chi connectivity index (χ2v) is 3.07. The summed E-state index contributed by atoms with van der Waals surface area (Å²) < 4.78 is 14.9. The van der Waals surface area contributed by atoms with Crippen LogP contribution in [0.15, 0.2) is 0 Å². The Morgan fingerprint density at radius 2 is 1.86 bits per heavy atom. The van der Waals surface area contributed by atoms with Crippen molar-refractivity contribution in [2.24, 2.45) is 0 Å². The van der Waals surface area contributed by atoms with E-state index in [1.807, 2.05) is 13.8 Å². The maximum atomic E-state index is 10.6. The highest BCUT2D eigenvalue weighted by Crippen LogP contribution is 1.95. The normalized spacial score (nSPS) is 13.1. The van der Waals surface area contributed by atoms with Crippen molar-refractivity contribution >= 4 is 5.97 Å². The van der Waals surface area contributed by atoms with Crippen molar-refractivity contribution in [1.82, 2.24) is 0 Å². The van der Waals surface area contributed by atoms with Gasteiger partial charge in [0, 0.05) is 7.11 Å². The number of carbonyl (C=O) groups is 1. The molecule has 0 rings (SSSR count). The monoisotopic (exact) mass is 206 g/mol. The summed E-state index contributed by atoms with van der Waals surface area (Å²) in [6.07, 6.45) is -0.778. The topological polar surface area (TPSA) is 65.0 Å². The number of hydrogen-bond donors (Lipinski definition) is 1. The molecule has 1 N–H and O–H groups in total. The Labute approximate surface area is 84.0 Å². The molecule has 14 heavy (non-hydrogen) atoms. The predicted octanol–water partition coefficient (Wildman–Crippen LogP) is 0.528. The second-order valence-electron chi connectivity index (χ2n) is 3.07. The minimum atomic E-state index is -1.02. The first kappa shape index (κ1) is 13.4. The van der Waals surface area contributed by atoms with E-state index in [9.17, 15) is 4.79 Å². The Kier molecular flexibility index (Phi) is 7.37. The average molecular weight is 206 g/mol. The fourth-order valence-electron chi connectivity index (χ4n) is 0.816. The number of carboxylic acid groups (broad SMARTS) is 1. The van der Waals surface area contributed by atoms with Crippen LogP contribution in [0, 0.1) is 0 Å². The van der Waals surface area contributed by atoms with Gasteiger partial charge in [0.2, 0.25) is 0 Å². The van der Waals surface area contributed by atoms with E-state index >= 15 is 0 Å². The molecule has 5 heteroatoms. The highest BCUT2D eigenvalue weighted by molar-refractivity contribution is 5.72. The van der Waals surface area contributed by atoms with E-state index in [1.54, 1.807) is 0 Å². The van der Waals surface area contributed by atoms with Gasteiger partial charge in [-0.25, -0.2) is 4.79 Å². The van der Waals surface area contributed by atoms with Crippen LogP contribution >= 0.6 is 0 Å². The Hall–Kier alpha value is -0.650. The van der Waals surface area contributed by atoms with Crippen LogP contribution in [0.5, 0.6) is 0 Å². The van der Waals surface area contributed by atoms with Crippen LogP contribution in [0.4, 0.5) is 0 Å². The molecular formula is C9H18O5. The van der Waals surface area contributed by atoms with E-state index in [4.69, 9.17) is 19.3 Å². The molecule has 0 amide bonds. The molecule has 84 valence electrons. The molecule has 0 heterocycles. The first-order valence-electron chi connectivity index (χ1n) is 4.53. The molecule has 0 spiro atoms. The number of aliphatic carboxylic acids is 1. The second kappa shape index (κ2) is 7.73. The first-order chi connectivity index (χ1) is 6.57. The van der Waals surface area contributed by atoms with Crippen molar-refractivity contribution < 1.29 is 24.1 Å². The molecule has 0 saturated heterocycles. The van der Waals surface area contributed by atoms with Crippen LogP contribution < -0.4 is 0 Å². The molecule has 0 aliphatic heterocycles. The van der Waals surface area contributed by atoms with Crippen molar-refractivity contribution in [3.63, 3.8) is 0 Å². The molecule has 0 aromatic rings. The van der Waals surface area contributed by atoms with Crippen molar-refractivity contribution in [1.29, 1.82) is 0 Å². The van der Waals surface area contributed by atoms with Crippen LogP contribution in [0.1, 0.15) is 13.8 Å². The van der Waals surface area contributed by atoms with Crippen molar-refractivity contribution in [2.75, 3.05) is 26.9 Å². The molecule has 1 unspecified atom stereocenters. The Bertz CT molecular complexity index is 157. The highest BCUT2D eigenvalue weighted by Gasteiger charge is 2.17. The lowest BCUT2D eigenvalue weighted by molar-refractivity contribution is -0.155. The fourth-order valence-corrected chi connectivity index (χ4v) is 0.816. The lowest BCUT2D eigenvalue weighted by atomic mass is 10.4. The Morgan fingerprint density at radius 3 is 2.29 bits per heavy atom. The molecule has 0 fully saturated rings. The van der Waals surface area contributed by atoms with Crippen LogP contribution in [-0.4, -0.2) is 50.2 Å². The number of carboxylic acids is 1. The summed E-state index contributed by atoms with van der Waals surface area (Å²) in [5, 5.41) is 8.67. The summed E-state index contributed by atoms with van der Waals surface area (Å²) in [6.45, 7) is 4.52. The van der Waals surface area contributed by atoms with E-state index in [0.717, 1.165) is 0 Å². The number of hydrogen-bond acceptors (Lipinski definition) is 4. The average Bonchev–Trinajstić information content (AvgIpc) is 2.09. The van der Waals surface area contributed by atoms with E-state index in [1.165, 1.54) is 7.11 Å². The van der Waals surface area contributed by atoms with Gasteiger partial charge in [-0.1, -0.05) is 0 Å². The SMILES string of the molecule is COCC(OCCOC(C)C)C(=O)O. The lowest BCUT2D eigenvalue weighted by Gasteiger charge is -2.13. The van der Waals surface area contributed by atoms with Crippen molar-refractivity contribution in [3.8, 4) is 0 Å². The summed E-state index contributed by atoms with van der Waals surface area (Å²) in [7, 11) is 1.43. The third-order valence-corrected chi connectivity index (χ3v) is 1.45. The predicted molar refractivity (Wildman–Crippen MR) is 50.3 cm³/mol. The van der Waals surface area contributed by atoms with Crippen LogP contribution in [0.25, 0.3) is 0 Å². The highest BCUT2D eigenvalue weighted by atomic mass is 16.6. The summed E-state index contributed by atoms with van der Waals surface area (Å²) in [4.78, 5) is 10.6. The molecule has 5 nitrogen and oxygen atoms in total. The third-order valence-electron chi connectivity index (χ3n) is 1.45. The zero-order chi connectivity index (χ0) is 11.0. The molecule has 0 aliphatic rings. The van der Waals surface area contributed by atoms with E-state index in [2.05, 4.69) is 0 Å². The van der Waals surface area contributed by atoms with Gasteiger partial charge in [0.1, 0.15) is 0 Å². The van der Waals surface area contributed by atoms with Gasteiger partial charge in [-0.2, -0.15) is 0 Å². The zero-order valence-corrected chi connectivity index (χ0v) is 8.86. The molecule has 0 saturated carbocycles.